The Kier molecular flexibility index (Phi) is 6.77. The Balaban J connectivity index is 1.40. The molecule has 6 heteroatoms. The number of hydrogen-bond donors (Lipinski definition) is 2. The highest BCUT2D eigenvalue weighted by atomic mass is 16.5. The monoisotopic (exact) mass is 417 g/mol. The van der Waals surface area contributed by atoms with Gasteiger partial charge in [-0.3, -0.25) is 0 Å². The van der Waals surface area contributed by atoms with E-state index in [1.54, 1.807) is 18.2 Å². The molecule has 0 amide bonds. The van der Waals surface area contributed by atoms with Gasteiger partial charge in [-0.05, 0) is 42.0 Å². The molecule has 1 aliphatic rings. The molecule has 0 saturated heterocycles. The molecule has 1 saturated carbocycles. The largest absolute Gasteiger partial charge is 0.488 e. The van der Waals surface area contributed by atoms with Crippen LogP contribution in [0.4, 0.5) is 5.69 Å². The van der Waals surface area contributed by atoms with Gasteiger partial charge in [-0.25, -0.2) is 14.8 Å². The molecule has 0 spiro atoms. The van der Waals surface area contributed by atoms with E-state index in [2.05, 4.69) is 15.3 Å². The molecular formula is C25H27N3O3. The molecule has 1 fully saturated rings. The van der Waals surface area contributed by atoms with E-state index in [0.717, 1.165) is 11.3 Å². The lowest BCUT2D eigenvalue weighted by Crippen LogP contribution is -2.09. The molecular weight excluding hydrogens is 390 g/mol. The molecule has 6 nitrogen and oxygen atoms in total. The quantitative estimate of drug-likeness (QED) is 0.510. The number of benzene rings is 2. The van der Waals surface area contributed by atoms with Crippen molar-refractivity contribution in [3.8, 4) is 5.75 Å². The summed E-state index contributed by atoms with van der Waals surface area (Å²) in [4.78, 5) is 20.6. The second-order valence-electron chi connectivity index (χ2n) is 7.91. The van der Waals surface area contributed by atoms with Crippen LogP contribution in [0.25, 0.3) is 0 Å². The van der Waals surface area contributed by atoms with E-state index in [9.17, 15) is 9.90 Å². The lowest BCUT2D eigenvalue weighted by Gasteiger charge is -2.21. The van der Waals surface area contributed by atoms with E-state index in [1.165, 1.54) is 37.7 Å². The van der Waals surface area contributed by atoms with Crippen molar-refractivity contribution in [2.24, 2.45) is 0 Å². The van der Waals surface area contributed by atoms with Gasteiger partial charge in [0.1, 0.15) is 23.7 Å². The number of nitrogens with one attached hydrogen (secondary N) is 1. The van der Waals surface area contributed by atoms with Gasteiger partial charge in [0.2, 0.25) is 0 Å². The van der Waals surface area contributed by atoms with Crippen LogP contribution < -0.4 is 10.1 Å². The third-order valence-corrected chi connectivity index (χ3v) is 5.70. The molecule has 4 rings (SSSR count). The van der Waals surface area contributed by atoms with Gasteiger partial charge in [-0.15, -0.1) is 0 Å². The van der Waals surface area contributed by atoms with E-state index in [0.29, 0.717) is 30.6 Å². The minimum atomic E-state index is -1.02. The molecule has 1 heterocycles. The summed E-state index contributed by atoms with van der Waals surface area (Å²) in [6, 6.07) is 14.7. The number of carboxylic acid groups (broad SMARTS) is 1. The summed E-state index contributed by atoms with van der Waals surface area (Å²) < 4.78 is 5.81. The molecule has 2 aromatic carbocycles. The first-order valence-electron chi connectivity index (χ1n) is 10.8. The molecule has 0 unspecified atom stereocenters. The lowest BCUT2D eigenvalue weighted by atomic mass is 9.85. The maximum Gasteiger partial charge on any atom is 0.339 e. The van der Waals surface area contributed by atoms with Crippen molar-refractivity contribution < 1.29 is 14.6 Å². The van der Waals surface area contributed by atoms with Crippen molar-refractivity contribution in [1.82, 2.24) is 9.97 Å². The van der Waals surface area contributed by atoms with Gasteiger partial charge in [0.25, 0.3) is 0 Å². The van der Waals surface area contributed by atoms with Crippen molar-refractivity contribution in [3.05, 3.63) is 83.4 Å². The molecule has 3 aromatic rings. The molecule has 160 valence electrons. The number of aromatic nitrogens is 2. The summed E-state index contributed by atoms with van der Waals surface area (Å²) >= 11 is 0. The molecule has 1 aromatic heterocycles. The number of hydrogen-bond acceptors (Lipinski definition) is 5. The van der Waals surface area contributed by atoms with E-state index in [1.807, 2.05) is 42.7 Å². The van der Waals surface area contributed by atoms with Crippen LogP contribution in [0.15, 0.2) is 60.9 Å². The van der Waals surface area contributed by atoms with Crippen LogP contribution in [0.3, 0.4) is 0 Å². The number of carbonyl (C=O) groups is 1. The molecule has 0 bridgehead atoms. The van der Waals surface area contributed by atoms with Gasteiger partial charge in [-0.2, -0.15) is 0 Å². The summed E-state index contributed by atoms with van der Waals surface area (Å²) in [7, 11) is 0. The predicted molar refractivity (Wildman–Crippen MR) is 119 cm³/mol. The van der Waals surface area contributed by atoms with E-state index >= 15 is 0 Å². The number of ether oxygens (including phenoxy) is 1. The first kappa shape index (κ1) is 20.8. The lowest BCUT2D eigenvalue weighted by molar-refractivity contribution is 0.0692. The SMILES string of the molecule is O=C(O)c1ccc(NCc2ncc(C3CCCCC3)cn2)cc1OCc1ccccc1. The van der Waals surface area contributed by atoms with Crippen LogP contribution in [0, 0.1) is 0 Å². The smallest absolute Gasteiger partial charge is 0.339 e. The Morgan fingerprint density at radius 3 is 2.48 bits per heavy atom. The standard InChI is InChI=1S/C25H27N3O3/c29-25(30)22-12-11-21(13-23(22)31-17-18-7-3-1-4-8-18)26-16-24-27-14-20(15-28-24)19-9-5-2-6-10-19/h1,3-4,7-8,11-15,19,26H,2,5-6,9-10,16-17H2,(H,29,30). The third-order valence-electron chi connectivity index (χ3n) is 5.70. The number of carboxylic acids is 1. The molecule has 0 aliphatic heterocycles. The van der Waals surface area contributed by atoms with Crippen LogP contribution in [0.1, 0.15) is 65.3 Å². The van der Waals surface area contributed by atoms with Gasteiger partial charge in [0, 0.05) is 24.1 Å². The minimum absolute atomic E-state index is 0.134. The van der Waals surface area contributed by atoms with E-state index < -0.39 is 5.97 Å². The normalized spacial score (nSPS) is 14.2. The first-order valence-corrected chi connectivity index (χ1v) is 10.8. The third kappa shape index (κ3) is 5.60. The summed E-state index contributed by atoms with van der Waals surface area (Å²) in [6.07, 6.45) is 10.2. The zero-order chi connectivity index (χ0) is 21.5. The van der Waals surface area contributed by atoms with Gasteiger partial charge in [0.05, 0.1) is 6.54 Å². The highest BCUT2D eigenvalue weighted by Gasteiger charge is 2.16. The zero-order valence-corrected chi connectivity index (χ0v) is 17.5. The summed E-state index contributed by atoms with van der Waals surface area (Å²) in [5.74, 6) is 0.600. The van der Waals surface area contributed by atoms with Crippen molar-refractivity contribution in [1.29, 1.82) is 0 Å². The Morgan fingerprint density at radius 2 is 1.77 bits per heavy atom. The highest BCUT2D eigenvalue weighted by molar-refractivity contribution is 5.91. The minimum Gasteiger partial charge on any atom is -0.488 e. The predicted octanol–water partition coefficient (Wildman–Crippen LogP) is 5.41. The van der Waals surface area contributed by atoms with Crippen LogP contribution in [-0.4, -0.2) is 21.0 Å². The van der Waals surface area contributed by atoms with Gasteiger partial charge in [0.15, 0.2) is 0 Å². The summed E-state index contributed by atoms with van der Waals surface area (Å²) in [5, 5.41) is 12.7. The topological polar surface area (TPSA) is 84.3 Å². The van der Waals surface area contributed by atoms with Crippen molar-refractivity contribution >= 4 is 11.7 Å². The second-order valence-corrected chi connectivity index (χ2v) is 7.91. The average Bonchev–Trinajstić information content (AvgIpc) is 2.83. The molecule has 31 heavy (non-hydrogen) atoms. The molecule has 2 N–H and O–H groups in total. The Labute approximate surface area is 182 Å². The van der Waals surface area contributed by atoms with E-state index in [-0.39, 0.29) is 5.56 Å². The van der Waals surface area contributed by atoms with Gasteiger partial charge in [-0.1, -0.05) is 49.6 Å². The number of anilines is 1. The zero-order valence-electron chi connectivity index (χ0n) is 17.5. The second kappa shape index (κ2) is 10.1. The maximum absolute atomic E-state index is 11.6. The fourth-order valence-corrected chi connectivity index (χ4v) is 3.95. The fraction of sp³-hybridized carbons (Fsp3) is 0.320. The van der Waals surface area contributed by atoms with Crippen molar-refractivity contribution in [3.63, 3.8) is 0 Å². The molecule has 0 atom stereocenters. The van der Waals surface area contributed by atoms with Crippen LogP contribution in [-0.2, 0) is 13.2 Å². The summed E-state index contributed by atoms with van der Waals surface area (Å²) in [6.45, 7) is 0.756. The molecule has 1 aliphatic carbocycles. The number of nitrogens with zero attached hydrogens (tertiary/aromatic N) is 2. The number of rotatable bonds is 8. The maximum atomic E-state index is 11.6. The van der Waals surface area contributed by atoms with Crippen LogP contribution in [0.5, 0.6) is 5.75 Å². The van der Waals surface area contributed by atoms with Gasteiger partial charge >= 0.3 is 5.97 Å². The summed E-state index contributed by atoms with van der Waals surface area (Å²) in [5.41, 5.74) is 3.09. The average molecular weight is 418 g/mol. The Bertz CT molecular complexity index is 1000. The fourth-order valence-electron chi connectivity index (χ4n) is 3.95. The van der Waals surface area contributed by atoms with Crippen LogP contribution in [0.2, 0.25) is 0 Å². The van der Waals surface area contributed by atoms with Crippen molar-refractivity contribution in [2.75, 3.05) is 5.32 Å². The number of aromatic carboxylic acids is 1. The van der Waals surface area contributed by atoms with Gasteiger partial charge < -0.3 is 15.2 Å². The van der Waals surface area contributed by atoms with E-state index in [4.69, 9.17) is 4.74 Å². The van der Waals surface area contributed by atoms with Crippen LogP contribution >= 0.6 is 0 Å². The highest BCUT2D eigenvalue weighted by Crippen LogP contribution is 2.31. The Morgan fingerprint density at radius 1 is 1.03 bits per heavy atom. The Hall–Kier alpha value is -3.41. The van der Waals surface area contributed by atoms with Crippen molar-refractivity contribution in [2.45, 2.75) is 51.2 Å². The first-order chi connectivity index (χ1) is 15.2. The molecule has 0 radical (unpaired) electrons.